The number of nitrogen functional groups attached to an aromatic ring is 2. The number of aromatic amines is 2. The summed E-state index contributed by atoms with van der Waals surface area (Å²) < 4.78 is 0.799. The van der Waals surface area contributed by atoms with Gasteiger partial charge in [0.15, 0.2) is 11.2 Å². The summed E-state index contributed by atoms with van der Waals surface area (Å²) in [4.78, 5) is 25.2. The molecular formula is C11H9BrN6O. The second-order valence-corrected chi connectivity index (χ2v) is 4.83. The summed E-state index contributed by atoms with van der Waals surface area (Å²) in [7, 11) is 0. The SMILES string of the molecule is Nc1nc2nc(-c3ccc(Br)c(N)c3)[nH]c2c(=O)[nH]1. The normalized spacial score (nSPS) is 11.0. The minimum Gasteiger partial charge on any atom is -0.398 e. The predicted molar refractivity (Wildman–Crippen MR) is 76.5 cm³/mol. The van der Waals surface area contributed by atoms with Crippen molar-refractivity contribution in [2.24, 2.45) is 0 Å². The maximum Gasteiger partial charge on any atom is 0.278 e. The summed E-state index contributed by atoms with van der Waals surface area (Å²) in [5, 5.41) is 0. The van der Waals surface area contributed by atoms with Crippen LogP contribution in [0.25, 0.3) is 22.6 Å². The molecule has 0 aliphatic carbocycles. The van der Waals surface area contributed by atoms with Gasteiger partial charge in [-0.3, -0.25) is 9.78 Å². The van der Waals surface area contributed by atoms with E-state index in [0.717, 1.165) is 10.0 Å². The number of hydrogen-bond acceptors (Lipinski definition) is 5. The van der Waals surface area contributed by atoms with Crippen molar-refractivity contribution in [2.45, 2.75) is 0 Å². The van der Waals surface area contributed by atoms with Crippen LogP contribution in [0.5, 0.6) is 0 Å². The molecule has 0 radical (unpaired) electrons. The number of aromatic nitrogens is 4. The summed E-state index contributed by atoms with van der Waals surface area (Å²) in [6.07, 6.45) is 0. The zero-order valence-electron chi connectivity index (χ0n) is 9.57. The van der Waals surface area contributed by atoms with Crippen molar-refractivity contribution >= 4 is 38.7 Å². The molecule has 0 spiro atoms. The van der Waals surface area contributed by atoms with Crippen molar-refractivity contribution in [2.75, 3.05) is 11.5 Å². The van der Waals surface area contributed by atoms with Gasteiger partial charge in [0.05, 0.1) is 0 Å². The van der Waals surface area contributed by atoms with Gasteiger partial charge >= 0.3 is 0 Å². The van der Waals surface area contributed by atoms with Crippen molar-refractivity contribution in [1.29, 1.82) is 0 Å². The Labute approximate surface area is 115 Å². The lowest BCUT2D eigenvalue weighted by Crippen LogP contribution is -2.10. The van der Waals surface area contributed by atoms with E-state index in [4.69, 9.17) is 11.5 Å². The molecule has 0 fully saturated rings. The maximum absolute atomic E-state index is 11.7. The lowest BCUT2D eigenvalue weighted by Gasteiger charge is -2.00. The molecule has 2 aromatic heterocycles. The Bertz CT molecular complexity index is 837. The number of halogens is 1. The topological polar surface area (TPSA) is 126 Å². The summed E-state index contributed by atoms with van der Waals surface area (Å²) in [6, 6.07) is 5.39. The molecule has 96 valence electrons. The highest BCUT2D eigenvalue weighted by Gasteiger charge is 2.10. The van der Waals surface area contributed by atoms with E-state index in [0.29, 0.717) is 11.5 Å². The molecule has 0 aliphatic rings. The van der Waals surface area contributed by atoms with Crippen LogP contribution in [0.3, 0.4) is 0 Å². The molecule has 3 aromatic rings. The molecule has 8 heteroatoms. The van der Waals surface area contributed by atoms with Crippen molar-refractivity contribution in [1.82, 2.24) is 19.9 Å². The number of H-pyrrole nitrogens is 2. The second-order valence-electron chi connectivity index (χ2n) is 3.97. The minimum atomic E-state index is -0.355. The van der Waals surface area contributed by atoms with Crippen LogP contribution in [-0.2, 0) is 0 Å². The molecular weight excluding hydrogens is 312 g/mol. The number of hydrogen-bond donors (Lipinski definition) is 4. The van der Waals surface area contributed by atoms with Gasteiger partial charge in [0.1, 0.15) is 5.82 Å². The number of nitrogens with one attached hydrogen (secondary N) is 2. The van der Waals surface area contributed by atoms with Crippen molar-refractivity contribution in [3.05, 3.63) is 33.0 Å². The zero-order chi connectivity index (χ0) is 13.6. The molecule has 0 aliphatic heterocycles. The van der Waals surface area contributed by atoms with Crippen LogP contribution in [-0.4, -0.2) is 19.9 Å². The van der Waals surface area contributed by atoms with Crippen LogP contribution in [0.1, 0.15) is 0 Å². The van der Waals surface area contributed by atoms with Crippen LogP contribution in [0, 0.1) is 0 Å². The quantitative estimate of drug-likeness (QED) is 0.502. The maximum atomic E-state index is 11.7. The van der Waals surface area contributed by atoms with Gasteiger partial charge in [-0.25, -0.2) is 4.98 Å². The molecule has 0 atom stereocenters. The number of imidazole rings is 1. The molecule has 1 aromatic carbocycles. The van der Waals surface area contributed by atoms with E-state index in [1.54, 1.807) is 6.07 Å². The summed E-state index contributed by atoms with van der Waals surface area (Å²) in [5.74, 6) is 0.545. The Morgan fingerprint density at radius 3 is 2.68 bits per heavy atom. The van der Waals surface area contributed by atoms with Gasteiger partial charge in [-0.2, -0.15) is 4.98 Å². The molecule has 3 rings (SSSR count). The molecule has 0 saturated carbocycles. The van der Waals surface area contributed by atoms with E-state index in [9.17, 15) is 4.79 Å². The number of rotatable bonds is 1. The third kappa shape index (κ3) is 1.95. The van der Waals surface area contributed by atoms with Crippen molar-refractivity contribution in [3.8, 4) is 11.4 Å². The van der Waals surface area contributed by atoms with Gasteiger partial charge in [0.25, 0.3) is 5.56 Å². The monoisotopic (exact) mass is 320 g/mol. The summed E-state index contributed by atoms with van der Waals surface area (Å²) in [5.41, 5.74) is 12.8. The van der Waals surface area contributed by atoms with Crippen LogP contribution >= 0.6 is 15.9 Å². The fourth-order valence-electron chi connectivity index (χ4n) is 1.75. The molecule has 0 unspecified atom stereocenters. The summed E-state index contributed by atoms with van der Waals surface area (Å²) >= 11 is 3.32. The van der Waals surface area contributed by atoms with Crippen molar-refractivity contribution < 1.29 is 0 Å². The fourth-order valence-corrected chi connectivity index (χ4v) is 2.00. The van der Waals surface area contributed by atoms with E-state index in [1.165, 1.54) is 0 Å². The molecule has 0 bridgehead atoms. The number of benzene rings is 1. The average Bonchev–Trinajstić information content (AvgIpc) is 2.76. The number of nitrogens with zero attached hydrogens (tertiary/aromatic N) is 2. The molecule has 0 amide bonds. The predicted octanol–water partition coefficient (Wildman–Crippen LogP) is 1.24. The first-order chi connectivity index (χ1) is 9.04. The Morgan fingerprint density at radius 2 is 1.95 bits per heavy atom. The molecule has 6 N–H and O–H groups in total. The minimum absolute atomic E-state index is 0.0332. The highest BCUT2D eigenvalue weighted by molar-refractivity contribution is 9.10. The fraction of sp³-hybridized carbons (Fsp3) is 0. The van der Waals surface area contributed by atoms with Gasteiger partial charge in [-0.05, 0) is 34.1 Å². The Balaban J connectivity index is 2.23. The lowest BCUT2D eigenvalue weighted by atomic mass is 10.2. The Morgan fingerprint density at radius 1 is 1.16 bits per heavy atom. The third-order valence-corrected chi connectivity index (χ3v) is 3.37. The third-order valence-electron chi connectivity index (χ3n) is 2.65. The van der Waals surface area contributed by atoms with E-state index in [2.05, 4.69) is 35.9 Å². The van der Waals surface area contributed by atoms with Crippen LogP contribution in [0.4, 0.5) is 11.6 Å². The molecule has 19 heavy (non-hydrogen) atoms. The second kappa shape index (κ2) is 4.09. The first kappa shape index (κ1) is 11.7. The number of nitrogens with two attached hydrogens (primary N) is 2. The first-order valence-corrected chi connectivity index (χ1v) is 6.15. The smallest absolute Gasteiger partial charge is 0.278 e. The van der Waals surface area contributed by atoms with Crippen LogP contribution in [0.15, 0.2) is 27.5 Å². The molecule has 7 nitrogen and oxygen atoms in total. The molecule has 2 heterocycles. The highest BCUT2D eigenvalue weighted by Crippen LogP contribution is 2.26. The Hall–Kier alpha value is -2.35. The lowest BCUT2D eigenvalue weighted by molar-refractivity contribution is 1.17. The van der Waals surface area contributed by atoms with Gasteiger partial charge in [0, 0.05) is 15.7 Å². The van der Waals surface area contributed by atoms with E-state index in [1.807, 2.05) is 12.1 Å². The van der Waals surface area contributed by atoms with Crippen LogP contribution in [0.2, 0.25) is 0 Å². The standard InChI is InChI=1S/C11H9BrN6O/c12-5-2-1-4(3-6(5)13)8-15-7-9(16-8)17-11(14)18-10(7)19/h1-3H,13H2,(H4,14,15,16,17,18,19). The van der Waals surface area contributed by atoms with E-state index in [-0.39, 0.29) is 22.7 Å². The average molecular weight is 321 g/mol. The zero-order valence-corrected chi connectivity index (χ0v) is 11.2. The number of anilines is 2. The van der Waals surface area contributed by atoms with Gasteiger partial charge < -0.3 is 16.5 Å². The van der Waals surface area contributed by atoms with Gasteiger partial charge in [-0.15, -0.1) is 0 Å². The Kier molecular flexibility index (Phi) is 2.53. The highest BCUT2D eigenvalue weighted by atomic mass is 79.9. The van der Waals surface area contributed by atoms with E-state index < -0.39 is 0 Å². The van der Waals surface area contributed by atoms with Gasteiger partial charge in [0.2, 0.25) is 5.95 Å². The first-order valence-electron chi connectivity index (χ1n) is 5.35. The molecule has 0 saturated heterocycles. The van der Waals surface area contributed by atoms with Crippen molar-refractivity contribution in [3.63, 3.8) is 0 Å². The van der Waals surface area contributed by atoms with E-state index >= 15 is 0 Å². The number of fused-ring (bicyclic) bond motifs is 1. The largest absolute Gasteiger partial charge is 0.398 e. The van der Waals surface area contributed by atoms with Gasteiger partial charge in [-0.1, -0.05) is 0 Å². The van der Waals surface area contributed by atoms with Crippen LogP contribution < -0.4 is 17.0 Å². The summed E-state index contributed by atoms with van der Waals surface area (Å²) in [6.45, 7) is 0.